The molecule has 2 fully saturated rings. The molecule has 0 amide bonds. The van der Waals surface area contributed by atoms with Crippen molar-refractivity contribution >= 4 is 0 Å². The molecule has 40 valence electrons. The topological polar surface area (TPSA) is 0 Å². The van der Waals surface area contributed by atoms with Gasteiger partial charge in [0.2, 0.25) is 0 Å². The van der Waals surface area contributed by atoms with Crippen molar-refractivity contribution in [1.82, 2.24) is 0 Å². The molecule has 0 heterocycles. The molecule has 2 aliphatic rings. The zero-order valence-electron chi connectivity index (χ0n) is 4.85. The minimum absolute atomic E-state index is 1.09. The zero-order chi connectivity index (χ0) is 4.85. The fraction of sp³-hybridized carbons (Fsp3) is 1.00. The highest BCUT2D eigenvalue weighted by atomic mass is 14.5. The molecule has 0 radical (unpaired) electrons. The third-order valence-corrected chi connectivity index (χ3v) is 2.70. The SMILES string of the molecule is C[C@H]1CC[C@@H]2CC21. The van der Waals surface area contributed by atoms with Crippen LogP contribution in [0.5, 0.6) is 0 Å². The average Bonchev–Trinajstić information content (AvgIpc) is 2.33. The van der Waals surface area contributed by atoms with Gasteiger partial charge >= 0.3 is 0 Å². The van der Waals surface area contributed by atoms with Gasteiger partial charge < -0.3 is 0 Å². The molecule has 0 saturated heterocycles. The van der Waals surface area contributed by atoms with E-state index in [1.54, 1.807) is 12.8 Å². The van der Waals surface area contributed by atoms with Crippen molar-refractivity contribution in [3.05, 3.63) is 0 Å². The molecule has 7 heavy (non-hydrogen) atoms. The van der Waals surface area contributed by atoms with Gasteiger partial charge in [0, 0.05) is 0 Å². The van der Waals surface area contributed by atoms with Gasteiger partial charge in [0.15, 0.2) is 0 Å². The molecule has 0 spiro atoms. The fourth-order valence-corrected chi connectivity index (χ4v) is 1.99. The molecule has 2 saturated carbocycles. The van der Waals surface area contributed by atoms with Gasteiger partial charge in [0.1, 0.15) is 0 Å². The van der Waals surface area contributed by atoms with Crippen molar-refractivity contribution in [3.63, 3.8) is 0 Å². The molecule has 1 unspecified atom stereocenters. The van der Waals surface area contributed by atoms with Crippen LogP contribution in [-0.2, 0) is 0 Å². The van der Waals surface area contributed by atoms with E-state index < -0.39 is 0 Å². The van der Waals surface area contributed by atoms with Crippen LogP contribution in [0.2, 0.25) is 0 Å². The van der Waals surface area contributed by atoms with Crippen molar-refractivity contribution in [1.29, 1.82) is 0 Å². The monoisotopic (exact) mass is 96.1 g/mol. The van der Waals surface area contributed by atoms with Gasteiger partial charge in [-0.3, -0.25) is 0 Å². The summed E-state index contributed by atoms with van der Waals surface area (Å²) >= 11 is 0. The number of hydrogen-bond donors (Lipinski definition) is 0. The fourth-order valence-electron chi connectivity index (χ4n) is 1.99. The molecule has 0 bridgehead atoms. The van der Waals surface area contributed by atoms with Crippen molar-refractivity contribution in [2.45, 2.75) is 26.2 Å². The van der Waals surface area contributed by atoms with Crippen LogP contribution in [0, 0.1) is 17.8 Å². The van der Waals surface area contributed by atoms with E-state index in [1.165, 1.54) is 18.3 Å². The van der Waals surface area contributed by atoms with Crippen LogP contribution < -0.4 is 0 Å². The predicted octanol–water partition coefficient (Wildman–Crippen LogP) is 2.05. The van der Waals surface area contributed by atoms with E-state index in [4.69, 9.17) is 0 Å². The second-order valence-corrected chi connectivity index (χ2v) is 3.21. The van der Waals surface area contributed by atoms with Gasteiger partial charge in [-0.1, -0.05) is 13.3 Å². The lowest BCUT2D eigenvalue weighted by atomic mass is 10.1. The maximum Gasteiger partial charge on any atom is -0.0357 e. The Morgan fingerprint density at radius 1 is 1.29 bits per heavy atom. The Labute approximate surface area is 44.9 Å². The molecule has 0 aromatic heterocycles. The molecule has 3 atom stereocenters. The minimum atomic E-state index is 1.09. The lowest BCUT2D eigenvalue weighted by Gasteiger charge is -1.98. The van der Waals surface area contributed by atoms with Crippen LogP contribution in [0.4, 0.5) is 0 Å². The van der Waals surface area contributed by atoms with Crippen molar-refractivity contribution < 1.29 is 0 Å². The third-order valence-electron chi connectivity index (χ3n) is 2.70. The molecule has 0 N–H and O–H groups in total. The van der Waals surface area contributed by atoms with Crippen molar-refractivity contribution in [2.75, 3.05) is 0 Å². The van der Waals surface area contributed by atoms with E-state index >= 15 is 0 Å². The minimum Gasteiger partial charge on any atom is -0.0622 e. The maximum absolute atomic E-state index is 2.40. The summed E-state index contributed by atoms with van der Waals surface area (Å²) in [6.45, 7) is 2.40. The van der Waals surface area contributed by atoms with Crippen molar-refractivity contribution in [2.24, 2.45) is 17.8 Å². The van der Waals surface area contributed by atoms with Crippen LogP contribution in [0.1, 0.15) is 26.2 Å². The summed E-state index contributed by atoms with van der Waals surface area (Å²) in [5.74, 6) is 3.46. The Kier molecular flexibility index (Phi) is 0.586. The maximum atomic E-state index is 2.40. The van der Waals surface area contributed by atoms with E-state index in [0.717, 1.165) is 5.92 Å². The van der Waals surface area contributed by atoms with Gasteiger partial charge in [0.05, 0.1) is 0 Å². The standard InChI is InChI=1S/C7H12/c1-5-2-3-6-4-7(5)6/h5-7H,2-4H2,1H3/t5-,6+,7?/m0/s1. The first-order chi connectivity index (χ1) is 3.38. The summed E-state index contributed by atoms with van der Waals surface area (Å²) in [4.78, 5) is 0. The van der Waals surface area contributed by atoms with Gasteiger partial charge in [-0.25, -0.2) is 0 Å². The third kappa shape index (κ3) is 0.427. The van der Waals surface area contributed by atoms with Crippen LogP contribution in [0.25, 0.3) is 0 Å². The van der Waals surface area contributed by atoms with Crippen LogP contribution in [0.15, 0.2) is 0 Å². The van der Waals surface area contributed by atoms with E-state index in [0.29, 0.717) is 0 Å². The van der Waals surface area contributed by atoms with E-state index in [1.807, 2.05) is 0 Å². The summed E-state index contributed by atoms with van der Waals surface area (Å²) < 4.78 is 0. The van der Waals surface area contributed by atoms with E-state index in [-0.39, 0.29) is 0 Å². The van der Waals surface area contributed by atoms with E-state index in [2.05, 4.69) is 6.92 Å². The molecular weight excluding hydrogens is 84.1 g/mol. The summed E-state index contributed by atoms with van der Waals surface area (Å²) in [7, 11) is 0. The lowest BCUT2D eigenvalue weighted by molar-refractivity contribution is 0.530. The quantitative estimate of drug-likeness (QED) is 0.433. The summed E-state index contributed by atoms with van der Waals surface area (Å²) in [5, 5.41) is 0. The molecule has 0 aromatic rings. The Hall–Kier alpha value is 0. The van der Waals surface area contributed by atoms with Crippen LogP contribution in [-0.4, -0.2) is 0 Å². The van der Waals surface area contributed by atoms with Crippen LogP contribution >= 0.6 is 0 Å². The lowest BCUT2D eigenvalue weighted by Crippen LogP contribution is -1.88. The molecule has 0 nitrogen and oxygen atoms in total. The average molecular weight is 96.2 g/mol. The summed E-state index contributed by atoms with van der Waals surface area (Å²) in [6.07, 6.45) is 4.64. The molecule has 0 aliphatic heterocycles. The van der Waals surface area contributed by atoms with Crippen molar-refractivity contribution in [3.8, 4) is 0 Å². The Morgan fingerprint density at radius 2 is 2.14 bits per heavy atom. The number of fused-ring (bicyclic) bond motifs is 1. The van der Waals surface area contributed by atoms with Crippen LogP contribution in [0.3, 0.4) is 0 Å². The van der Waals surface area contributed by atoms with Gasteiger partial charge in [0.25, 0.3) is 0 Å². The summed E-state index contributed by atoms with van der Waals surface area (Å²) in [5.41, 5.74) is 0. The normalized spacial score (nSPS) is 57.0. The molecule has 0 heteroatoms. The Morgan fingerprint density at radius 3 is 2.29 bits per heavy atom. The Bertz CT molecular complexity index is 86.0. The first kappa shape index (κ1) is 3.94. The van der Waals surface area contributed by atoms with Gasteiger partial charge in [-0.2, -0.15) is 0 Å². The number of rotatable bonds is 0. The highest BCUT2D eigenvalue weighted by Crippen LogP contribution is 2.54. The van der Waals surface area contributed by atoms with E-state index in [9.17, 15) is 0 Å². The highest BCUT2D eigenvalue weighted by molar-refractivity contribution is 4.95. The smallest absolute Gasteiger partial charge is 0.0357 e. The first-order valence-corrected chi connectivity index (χ1v) is 3.38. The highest BCUT2D eigenvalue weighted by Gasteiger charge is 2.45. The predicted molar refractivity (Wildman–Crippen MR) is 30.0 cm³/mol. The number of hydrogen-bond acceptors (Lipinski definition) is 0. The van der Waals surface area contributed by atoms with Gasteiger partial charge in [-0.05, 0) is 30.6 Å². The second-order valence-electron chi connectivity index (χ2n) is 3.21. The van der Waals surface area contributed by atoms with Gasteiger partial charge in [-0.15, -0.1) is 0 Å². The molecule has 2 aliphatic carbocycles. The largest absolute Gasteiger partial charge is 0.0622 e. The summed E-state index contributed by atoms with van der Waals surface area (Å²) in [6, 6.07) is 0. The molecular formula is C7H12. The molecule has 2 rings (SSSR count). The Balaban J connectivity index is 2.08. The first-order valence-electron chi connectivity index (χ1n) is 3.38. The second kappa shape index (κ2) is 1.04. The zero-order valence-corrected chi connectivity index (χ0v) is 4.85. The molecule has 0 aromatic carbocycles.